The van der Waals surface area contributed by atoms with Gasteiger partial charge in [-0.2, -0.15) is 0 Å². The summed E-state index contributed by atoms with van der Waals surface area (Å²) in [5.74, 6) is 1.25. The van der Waals surface area contributed by atoms with Gasteiger partial charge in [0.15, 0.2) is 0 Å². The molecule has 1 aromatic heterocycles. The van der Waals surface area contributed by atoms with Crippen molar-refractivity contribution >= 4 is 0 Å². The summed E-state index contributed by atoms with van der Waals surface area (Å²) < 4.78 is 2.34. The number of imidazole rings is 1. The van der Waals surface area contributed by atoms with Gasteiger partial charge >= 0.3 is 0 Å². The highest BCUT2D eigenvalue weighted by Crippen LogP contribution is 2.32. The minimum atomic E-state index is 0.771. The highest BCUT2D eigenvalue weighted by molar-refractivity contribution is 4.96. The lowest BCUT2D eigenvalue weighted by Crippen LogP contribution is -2.18. The third-order valence-electron chi connectivity index (χ3n) is 2.53. The van der Waals surface area contributed by atoms with E-state index in [2.05, 4.69) is 22.7 Å². The second-order valence-corrected chi connectivity index (χ2v) is 3.19. The molecule has 0 N–H and O–H groups in total. The Bertz CT molecular complexity index is 235. The third kappa shape index (κ3) is 1.06. The molecule has 0 unspecified atom stereocenters. The third-order valence-corrected chi connectivity index (χ3v) is 2.53. The predicted molar refractivity (Wildman–Crippen MR) is 44.5 cm³/mol. The molecule has 2 rings (SSSR count). The smallest absolute Gasteiger partial charge is 0.108 e. The molecule has 2 heteroatoms. The van der Waals surface area contributed by atoms with E-state index in [9.17, 15) is 0 Å². The van der Waals surface area contributed by atoms with Gasteiger partial charge in [-0.05, 0) is 19.3 Å². The van der Waals surface area contributed by atoms with Crippen molar-refractivity contribution in [2.45, 2.75) is 38.6 Å². The van der Waals surface area contributed by atoms with E-state index in [4.69, 9.17) is 0 Å². The van der Waals surface area contributed by atoms with Crippen molar-refractivity contribution in [3.05, 3.63) is 18.2 Å². The first-order valence-electron chi connectivity index (χ1n) is 4.43. The summed E-state index contributed by atoms with van der Waals surface area (Å²) in [4.78, 5) is 4.30. The molecule has 11 heavy (non-hydrogen) atoms. The Kier molecular flexibility index (Phi) is 1.68. The molecule has 1 heterocycles. The lowest BCUT2D eigenvalue weighted by atomic mass is 9.93. The molecule has 2 nitrogen and oxygen atoms in total. The second-order valence-electron chi connectivity index (χ2n) is 3.19. The highest BCUT2D eigenvalue weighted by Gasteiger charge is 2.20. The van der Waals surface area contributed by atoms with E-state index >= 15 is 0 Å². The van der Waals surface area contributed by atoms with Crippen LogP contribution in [0.5, 0.6) is 0 Å². The van der Waals surface area contributed by atoms with Crippen LogP contribution < -0.4 is 0 Å². The van der Waals surface area contributed by atoms with Crippen LogP contribution in [0.4, 0.5) is 0 Å². The molecule has 0 aliphatic heterocycles. The van der Waals surface area contributed by atoms with E-state index in [-0.39, 0.29) is 0 Å². The summed E-state index contributed by atoms with van der Waals surface area (Å²) in [5, 5.41) is 0. The molecule has 1 fully saturated rings. The van der Waals surface area contributed by atoms with Crippen molar-refractivity contribution in [1.29, 1.82) is 0 Å². The van der Waals surface area contributed by atoms with Gasteiger partial charge in [0.2, 0.25) is 0 Å². The van der Waals surface area contributed by atoms with Crippen LogP contribution in [0.1, 0.15) is 38.1 Å². The van der Waals surface area contributed by atoms with Crippen molar-refractivity contribution in [3.8, 4) is 0 Å². The van der Waals surface area contributed by atoms with E-state index in [0.717, 1.165) is 12.5 Å². The maximum absolute atomic E-state index is 4.30. The first-order valence-corrected chi connectivity index (χ1v) is 4.43. The Morgan fingerprint density at radius 1 is 1.64 bits per heavy atom. The summed E-state index contributed by atoms with van der Waals surface area (Å²) in [6, 6.07) is 0.771. The zero-order valence-corrected chi connectivity index (χ0v) is 6.95. The zero-order chi connectivity index (χ0) is 7.68. The molecule has 1 aliphatic carbocycles. The van der Waals surface area contributed by atoms with Crippen LogP contribution in [0.2, 0.25) is 0 Å². The number of hydrogen-bond donors (Lipinski definition) is 0. The monoisotopic (exact) mass is 150 g/mol. The molecule has 0 bridgehead atoms. The molecule has 0 atom stereocenters. The molecule has 1 aromatic rings. The minimum absolute atomic E-state index is 0.771. The van der Waals surface area contributed by atoms with Gasteiger partial charge in [-0.1, -0.05) is 6.92 Å². The van der Waals surface area contributed by atoms with Crippen LogP contribution in [0, 0.1) is 0 Å². The molecule has 0 saturated heterocycles. The van der Waals surface area contributed by atoms with Crippen molar-refractivity contribution in [2.24, 2.45) is 0 Å². The van der Waals surface area contributed by atoms with Crippen LogP contribution in [-0.4, -0.2) is 9.55 Å². The van der Waals surface area contributed by atoms with Crippen LogP contribution in [0.25, 0.3) is 0 Å². The summed E-state index contributed by atoms with van der Waals surface area (Å²) in [5.41, 5.74) is 0. The van der Waals surface area contributed by atoms with E-state index in [1.165, 1.54) is 25.1 Å². The number of hydrogen-bond acceptors (Lipinski definition) is 1. The van der Waals surface area contributed by atoms with Crippen LogP contribution in [0.15, 0.2) is 12.4 Å². The molecule has 0 aromatic carbocycles. The summed E-state index contributed by atoms with van der Waals surface area (Å²) >= 11 is 0. The molecule has 0 spiro atoms. The fraction of sp³-hybridized carbons (Fsp3) is 0.667. The predicted octanol–water partition coefficient (Wildman–Crippen LogP) is 2.17. The molecule has 1 aliphatic rings. The average Bonchev–Trinajstić information content (AvgIpc) is 2.32. The van der Waals surface area contributed by atoms with Crippen molar-refractivity contribution in [3.63, 3.8) is 0 Å². The van der Waals surface area contributed by atoms with Gasteiger partial charge in [-0.15, -0.1) is 0 Å². The maximum Gasteiger partial charge on any atom is 0.108 e. The standard InChI is InChI=1S/C9H14N2/c1-2-9-10-6-7-11(9)8-4-3-5-8/h6-8H,2-5H2,1H3. The average molecular weight is 150 g/mol. The Hall–Kier alpha value is -0.790. The maximum atomic E-state index is 4.30. The van der Waals surface area contributed by atoms with Gasteiger partial charge in [0.1, 0.15) is 5.82 Å². The van der Waals surface area contributed by atoms with Gasteiger partial charge in [0.25, 0.3) is 0 Å². The number of nitrogens with zero attached hydrogens (tertiary/aromatic N) is 2. The normalized spacial score (nSPS) is 18.3. The Balaban J connectivity index is 2.20. The number of aryl methyl sites for hydroxylation is 1. The fourth-order valence-corrected chi connectivity index (χ4v) is 1.62. The largest absolute Gasteiger partial charge is 0.332 e. The molecule has 1 saturated carbocycles. The molecular formula is C9H14N2. The molecule has 0 amide bonds. The SMILES string of the molecule is CCc1nccn1C1CCC1. The van der Waals surface area contributed by atoms with E-state index < -0.39 is 0 Å². The van der Waals surface area contributed by atoms with E-state index in [0.29, 0.717) is 0 Å². The zero-order valence-electron chi connectivity index (χ0n) is 6.95. The Morgan fingerprint density at radius 3 is 3.00 bits per heavy atom. The van der Waals surface area contributed by atoms with Gasteiger partial charge < -0.3 is 4.57 Å². The van der Waals surface area contributed by atoms with Gasteiger partial charge in [-0.25, -0.2) is 4.98 Å². The Labute approximate surface area is 67.3 Å². The first kappa shape index (κ1) is 6.89. The van der Waals surface area contributed by atoms with Gasteiger partial charge in [0.05, 0.1) is 0 Å². The first-order chi connectivity index (χ1) is 5.42. The Morgan fingerprint density at radius 2 is 2.45 bits per heavy atom. The lowest BCUT2D eigenvalue weighted by Gasteiger charge is -2.28. The van der Waals surface area contributed by atoms with Crippen LogP contribution in [-0.2, 0) is 6.42 Å². The van der Waals surface area contributed by atoms with Crippen LogP contribution >= 0.6 is 0 Å². The van der Waals surface area contributed by atoms with Crippen molar-refractivity contribution in [1.82, 2.24) is 9.55 Å². The number of aromatic nitrogens is 2. The van der Waals surface area contributed by atoms with Gasteiger partial charge in [0, 0.05) is 24.9 Å². The molecule has 60 valence electrons. The topological polar surface area (TPSA) is 17.8 Å². The van der Waals surface area contributed by atoms with Gasteiger partial charge in [-0.3, -0.25) is 0 Å². The highest BCUT2D eigenvalue weighted by atomic mass is 15.1. The fourth-order valence-electron chi connectivity index (χ4n) is 1.62. The van der Waals surface area contributed by atoms with Crippen molar-refractivity contribution in [2.75, 3.05) is 0 Å². The van der Waals surface area contributed by atoms with Crippen LogP contribution in [0.3, 0.4) is 0 Å². The van der Waals surface area contributed by atoms with E-state index in [1.807, 2.05) is 6.20 Å². The minimum Gasteiger partial charge on any atom is -0.332 e. The van der Waals surface area contributed by atoms with E-state index in [1.54, 1.807) is 0 Å². The quantitative estimate of drug-likeness (QED) is 0.631. The summed E-state index contributed by atoms with van der Waals surface area (Å²) in [7, 11) is 0. The molecule has 0 radical (unpaired) electrons. The molecular weight excluding hydrogens is 136 g/mol. The summed E-state index contributed by atoms with van der Waals surface area (Å²) in [6.07, 6.45) is 9.18. The lowest BCUT2D eigenvalue weighted by molar-refractivity contribution is 0.306. The number of rotatable bonds is 2. The second kappa shape index (κ2) is 2.68. The van der Waals surface area contributed by atoms with Crippen molar-refractivity contribution < 1.29 is 0 Å². The summed E-state index contributed by atoms with van der Waals surface area (Å²) in [6.45, 7) is 2.16.